The lowest BCUT2D eigenvalue weighted by Gasteiger charge is -2.19. The summed E-state index contributed by atoms with van der Waals surface area (Å²) in [5.74, 6) is -0.884. The van der Waals surface area contributed by atoms with Crippen molar-refractivity contribution in [1.29, 1.82) is 0 Å². The highest BCUT2D eigenvalue weighted by atomic mass is 79.9. The van der Waals surface area contributed by atoms with Gasteiger partial charge in [0.1, 0.15) is 10.3 Å². The summed E-state index contributed by atoms with van der Waals surface area (Å²) < 4.78 is 2.01. The largest absolute Gasteiger partial charge is 0.480 e. The van der Waals surface area contributed by atoms with Crippen molar-refractivity contribution in [2.24, 2.45) is 0 Å². The molecule has 2 heterocycles. The van der Waals surface area contributed by atoms with Gasteiger partial charge in [-0.15, -0.1) is 0 Å². The minimum Gasteiger partial charge on any atom is -0.480 e. The van der Waals surface area contributed by atoms with Crippen LogP contribution in [0.15, 0.2) is 64.5 Å². The number of pyridine rings is 1. The van der Waals surface area contributed by atoms with Gasteiger partial charge in [-0.05, 0) is 37.4 Å². The molecular formula is C20H16BrN3O2S. The molecule has 0 unspecified atom stereocenters. The molecule has 5 nitrogen and oxygen atoms in total. The van der Waals surface area contributed by atoms with Gasteiger partial charge in [-0.3, -0.25) is 14.3 Å². The van der Waals surface area contributed by atoms with Gasteiger partial charge in [-0.25, -0.2) is 4.98 Å². The van der Waals surface area contributed by atoms with Crippen LogP contribution >= 0.6 is 27.7 Å². The van der Waals surface area contributed by atoms with Crippen LogP contribution in [0, 0.1) is 0 Å². The minimum absolute atomic E-state index is 0.623. The average molecular weight is 442 g/mol. The van der Waals surface area contributed by atoms with Crippen molar-refractivity contribution < 1.29 is 9.90 Å². The predicted octanol–water partition coefficient (Wildman–Crippen LogP) is 5.29. The van der Waals surface area contributed by atoms with Gasteiger partial charge in [0.15, 0.2) is 5.16 Å². The second-order valence-corrected chi connectivity index (χ2v) is 9.07. The standard InChI is InChI=1S/C20H16BrN3O2S/c1-20(2,18(25)26)27-19-23-15-11-22-10-9-17(15)24(19)16-8-7-14(21)12-5-3-4-6-13(12)16/h3-11H,1-2H3,(H,25,26). The number of hydrogen-bond acceptors (Lipinski definition) is 4. The molecule has 0 saturated carbocycles. The van der Waals surface area contributed by atoms with Crippen LogP contribution in [0.4, 0.5) is 0 Å². The molecule has 0 saturated heterocycles. The molecule has 136 valence electrons. The van der Waals surface area contributed by atoms with Gasteiger partial charge in [-0.1, -0.05) is 52.0 Å². The van der Waals surface area contributed by atoms with E-state index in [-0.39, 0.29) is 0 Å². The Balaban J connectivity index is 2.03. The maximum Gasteiger partial charge on any atom is 0.319 e. The van der Waals surface area contributed by atoms with E-state index in [1.54, 1.807) is 26.2 Å². The summed E-state index contributed by atoms with van der Waals surface area (Å²) in [6.07, 6.45) is 3.42. The molecule has 27 heavy (non-hydrogen) atoms. The molecule has 2 aromatic heterocycles. The van der Waals surface area contributed by atoms with Gasteiger partial charge in [0.25, 0.3) is 0 Å². The second-order valence-electron chi connectivity index (χ2n) is 6.62. The molecule has 0 amide bonds. The van der Waals surface area contributed by atoms with Crippen LogP contribution in [-0.2, 0) is 4.79 Å². The van der Waals surface area contributed by atoms with Crippen LogP contribution in [0.3, 0.4) is 0 Å². The van der Waals surface area contributed by atoms with Crippen LogP contribution in [-0.4, -0.2) is 30.4 Å². The first-order valence-corrected chi connectivity index (χ1v) is 9.92. The summed E-state index contributed by atoms with van der Waals surface area (Å²) >= 11 is 4.84. The number of aliphatic carboxylic acids is 1. The molecule has 2 aromatic carbocycles. The van der Waals surface area contributed by atoms with Crippen LogP contribution in [0.5, 0.6) is 0 Å². The Morgan fingerprint density at radius 3 is 2.63 bits per heavy atom. The molecule has 4 rings (SSSR count). The molecule has 4 aromatic rings. The molecule has 7 heteroatoms. The van der Waals surface area contributed by atoms with E-state index >= 15 is 0 Å². The fourth-order valence-electron chi connectivity index (χ4n) is 2.92. The van der Waals surface area contributed by atoms with Gasteiger partial charge < -0.3 is 5.11 Å². The van der Waals surface area contributed by atoms with Crippen molar-refractivity contribution in [2.75, 3.05) is 0 Å². The molecule has 0 atom stereocenters. The molecule has 0 aliphatic carbocycles. The molecule has 0 fully saturated rings. The molecular weight excluding hydrogens is 426 g/mol. The molecule has 1 N–H and O–H groups in total. The number of hydrogen-bond donors (Lipinski definition) is 1. The smallest absolute Gasteiger partial charge is 0.319 e. The minimum atomic E-state index is -1.02. The Kier molecular flexibility index (Phi) is 4.44. The van der Waals surface area contributed by atoms with Gasteiger partial charge in [0, 0.05) is 16.1 Å². The van der Waals surface area contributed by atoms with Gasteiger partial charge >= 0.3 is 5.97 Å². The monoisotopic (exact) mass is 441 g/mol. The number of rotatable bonds is 4. The second kappa shape index (κ2) is 6.65. The van der Waals surface area contributed by atoms with Crippen molar-refractivity contribution in [3.8, 4) is 5.69 Å². The first kappa shape index (κ1) is 18.0. The van der Waals surface area contributed by atoms with Crippen LogP contribution in [0.1, 0.15) is 13.8 Å². The van der Waals surface area contributed by atoms with E-state index in [9.17, 15) is 9.90 Å². The highest BCUT2D eigenvalue weighted by Gasteiger charge is 2.31. The lowest BCUT2D eigenvalue weighted by atomic mass is 10.1. The maximum atomic E-state index is 11.7. The lowest BCUT2D eigenvalue weighted by Crippen LogP contribution is -2.27. The number of carbonyl (C=O) groups is 1. The highest BCUT2D eigenvalue weighted by Crippen LogP contribution is 2.38. The Morgan fingerprint density at radius 2 is 1.89 bits per heavy atom. The van der Waals surface area contributed by atoms with Gasteiger partial charge in [0.05, 0.1) is 17.4 Å². The molecule has 0 spiro atoms. The Labute approximate surface area is 168 Å². The Bertz CT molecular complexity index is 1190. The quantitative estimate of drug-likeness (QED) is 0.435. The molecule has 0 aliphatic heterocycles. The SMILES string of the molecule is CC(C)(Sc1nc2cnccc2n1-c1ccc(Br)c2ccccc12)C(=O)O. The molecule has 0 aliphatic rings. The number of benzene rings is 2. The highest BCUT2D eigenvalue weighted by molar-refractivity contribution is 9.10. The molecule has 0 radical (unpaired) electrons. The summed E-state index contributed by atoms with van der Waals surface area (Å²) in [7, 11) is 0. The number of imidazole rings is 1. The van der Waals surface area contributed by atoms with E-state index in [4.69, 9.17) is 0 Å². The normalized spacial score (nSPS) is 12.0. The van der Waals surface area contributed by atoms with E-state index in [1.807, 2.05) is 34.9 Å². The summed E-state index contributed by atoms with van der Waals surface area (Å²) in [5.41, 5.74) is 2.57. The van der Waals surface area contributed by atoms with Crippen molar-refractivity contribution in [2.45, 2.75) is 23.8 Å². The zero-order chi connectivity index (χ0) is 19.2. The van der Waals surface area contributed by atoms with E-state index < -0.39 is 10.7 Å². The van der Waals surface area contributed by atoms with E-state index in [0.717, 1.165) is 32.0 Å². The van der Waals surface area contributed by atoms with Gasteiger partial charge in [0.2, 0.25) is 0 Å². The van der Waals surface area contributed by atoms with Crippen LogP contribution < -0.4 is 0 Å². The topological polar surface area (TPSA) is 68.0 Å². The van der Waals surface area contributed by atoms with Crippen LogP contribution in [0.2, 0.25) is 0 Å². The van der Waals surface area contributed by atoms with Gasteiger partial charge in [-0.2, -0.15) is 0 Å². The number of carboxylic acids is 1. The average Bonchev–Trinajstić information content (AvgIpc) is 2.99. The summed E-state index contributed by atoms with van der Waals surface area (Å²) in [5, 5.41) is 12.3. The Hall–Kier alpha value is -2.38. The number of halogens is 1. The number of fused-ring (bicyclic) bond motifs is 2. The zero-order valence-electron chi connectivity index (χ0n) is 14.7. The van der Waals surface area contributed by atoms with Crippen molar-refractivity contribution in [3.05, 3.63) is 59.3 Å². The third-order valence-corrected chi connectivity index (χ3v) is 6.21. The first-order chi connectivity index (χ1) is 12.9. The van der Waals surface area contributed by atoms with Crippen molar-refractivity contribution in [3.63, 3.8) is 0 Å². The first-order valence-electron chi connectivity index (χ1n) is 8.31. The van der Waals surface area contributed by atoms with Crippen LogP contribution in [0.25, 0.3) is 27.5 Å². The summed E-state index contributed by atoms with van der Waals surface area (Å²) in [6.45, 7) is 3.36. The third-order valence-electron chi connectivity index (χ3n) is 4.38. The van der Waals surface area contributed by atoms with Crippen molar-refractivity contribution in [1.82, 2.24) is 14.5 Å². The lowest BCUT2D eigenvalue weighted by molar-refractivity contribution is -0.138. The number of nitrogens with zero attached hydrogens (tertiary/aromatic N) is 3. The predicted molar refractivity (Wildman–Crippen MR) is 112 cm³/mol. The zero-order valence-corrected chi connectivity index (χ0v) is 17.1. The maximum absolute atomic E-state index is 11.7. The number of thioether (sulfide) groups is 1. The van der Waals surface area contributed by atoms with E-state index in [1.165, 1.54) is 11.8 Å². The van der Waals surface area contributed by atoms with E-state index in [2.05, 4.69) is 38.0 Å². The van der Waals surface area contributed by atoms with E-state index in [0.29, 0.717) is 5.16 Å². The Morgan fingerprint density at radius 1 is 1.15 bits per heavy atom. The fraction of sp³-hybridized carbons (Fsp3) is 0.150. The third kappa shape index (κ3) is 3.11. The fourth-order valence-corrected chi connectivity index (χ4v) is 4.38. The van der Waals surface area contributed by atoms with Crippen molar-refractivity contribution >= 4 is 55.5 Å². The molecule has 0 bridgehead atoms. The summed E-state index contributed by atoms with van der Waals surface area (Å²) in [6, 6.07) is 14.0. The summed E-state index contributed by atoms with van der Waals surface area (Å²) in [4.78, 5) is 20.5. The number of aromatic nitrogens is 3. The number of carboxylic acid groups (broad SMARTS) is 1.